The van der Waals surface area contributed by atoms with Crippen LogP contribution in [0.25, 0.3) is 0 Å². The van der Waals surface area contributed by atoms with Crippen LogP contribution in [0, 0.1) is 13.8 Å². The van der Waals surface area contributed by atoms with E-state index in [0.717, 1.165) is 22.6 Å². The fourth-order valence-electron chi connectivity index (χ4n) is 2.50. The van der Waals surface area contributed by atoms with Crippen LogP contribution in [-0.2, 0) is 4.79 Å². The Kier molecular flexibility index (Phi) is 7.90. The van der Waals surface area contributed by atoms with Crippen LogP contribution in [0.3, 0.4) is 0 Å². The number of hydrogen-bond donors (Lipinski definition) is 3. The fraction of sp³-hybridized carbons (Fsp3) is 0.300. The molecular weight excluding hydrogens is 398 g/mol. The maximum atomic E-state index is 12.3. The lowest BCUT2D eigenvalue weighted by Gasteiger charge is -2.19. The van der Waals surface area contributed by atoms with Crippen molar-refractivity contribution >= 4 is 40.5 Å². The van der Waals surface area contributed by atoms with Gasteiger partial charge in [0.25, 0.3) is 5.91 Å². The van der Waals surface area contributed by atoms with E-state index in [0.29, 0.717) is 17.4 Å². The van der Waals surface area contributed by atoms with Crippen molar-refractivity contribution in [1.29, 1.82) is 0 Å². The molecule has 2 aromatic rings. The minimum Gasteiger partial charge on any atom is -0.494 e. The van der Waals surface area contributed by atoms with Crippen molar-refractivity contribution in [3.8, 4) is 11.5 Å². The number of hydrogen-bond acceptors (Lipinski definition) is 4. The number of benzene rings is 2. The Morgan fingerprint density at radius 3 is 2.32 bits per heavy atom. The van der Waals surface area contributed by atoms with Crippen molar-refractivity contribution in [3.63, 3.8) is 0 Å². The van der Waals surface area contributed by atoms with Crippen LogP contribution in [0.15, 0.2) is 36.4 Å². The third kappa shape index (κ3) is 6.28. The first-order valence-corrected chi connectivity index (χ1v) is 9.62. The zero-order valence-corrected chi connectivity index (χ0v) is 17.8. The number of carbonyl (C=O) groups is 1. The van der Waals surface area contributed by atoms with Gasteiger partial charge in [-0.25, -0.2) is 0 Å². The number of halogens is 1. The highest BCUT2D eigenvalue weighted by molar-refractivity contribution is 7.80. The molecule has 0 fully saturated rings. The summed E-state index contributed by atoms with van der Waals surface area (Å²) in [5.74, 6) is 1.06. The van der Waals surface area contributed by atoms with Crippen molar-refractivity contribution < 1.29 is 14.3 Å². The number of aryl methyl sites for hydroxylation is 2. The van der Waals surface area contributed by atoms with Gasteiger partial charge < -0.3 is 14.8 Å². The molecule has 0 saturated heterocycles. The van der Waals surface area contributed by atoms with E-state index in [1.165, 1.54) is 0 Å². The minimum absolute atomic E-state index is 0.253. The highest BCUT2D eigenvalue weighted by Gasteiger charge is 2.17. The summed E-state index contributed by atoms with van der Waals surface area (Å²) in [6.45, 7) is 7.95. The Balaban J connectivity index is 1.84. The van der Waals surface area contributed by atoms with Gasteiger partial charge >= 0.3 is 0 Å². The number of hydrazine groups is 1. The van der Waals surface area contributed by atoms with Gasteiger partial charge in [0.05, 0.1) is 6.61 Å². The maximum Gasteiger partial charge on any atom is 0.279 e. The molecule has 0 aliphatic heterocycles. The van der Waals surface area contributed by atoms with E-state index in [1.807, 2.05) is 45.0 Å². The standard InChI is InChI=1S/C20H24ClN3O3S/c1-5-26-17-8-6-16(7-9-17)22-20(28)24-23-19(25)14(4)27-18-12(2)10-15(21)11-13(18)3/h6-11,14H,5H2,1-4H3,(H,23,25)(H2,22,24,28)/t14-/m0/s1. The van der Waals surface area contributed by atoms with E-state index in [-0.39, 0.29) is 11.0 Å². The molecule has 0 aliphatic rings. The molecule has 0 heterocycles. The predicted molar refractivity (Wildman–Crippen MR) is 116 cm³/mol. The van der Waals surface area contributed by atoms with Crippen LogP contribution < -0.4 is 25.6 Å². The fourth-order valence-corrected chi connectivity index (χ4v) is 2.99. The van der Waals surface area contributed by atoms with Gasteiger partial charge in [0.15, 0.2) is 11.2 Å². The summed E-state index contributed by atoms with van der Waals surface area (Å²) in [7, 11) is 0. The number of anilines is 1. The molecule has 28 heavy (non-hydrogen) atoms. The van der Waals surface area contributed by atoms with E-state index >= 15 is 0 Å². The van der Waals surface area contributed by atoms with Gasteiger partial charge in [0, 0.05) is 10.7 Å². The molecule has 0 aromatic heterocycles. The molecule has 1 atom stereocenters. The molecular formula is C20H24ClN3O3S. The maximum absolute atomic E-state index is 12.3. The third-order valence-electron chi connectivity index (χ3n) is 3.81. The van der Waals surface area contributed by atoms with Crippen molar-refractivity contribution in [1.82, 2.24) is 10.9 Å². The zero-order chi connectivity index (χ0) is 20.7. The topological polar surface area (TPSA) is 71.6 Å². The highest BCUT2D eigenvalue weighted by atomic mass is 35.5. The molecule has 2 rings (SSSR count). The average Bonchev–Trinajstić information content (AvgIpc) is 2.64. The van der Waals surface area contributed by atoms with Crippen LogP contribution in [0.1, 0.15) is 25.0 Å². The molecule has 0 saturated carbocycles. The lowest BCUT2D eigenvalue weighted by Crippen LogP contribution is -2.48. The van der Waals surface area contributed by atoms with Crippen molar-refractivity contribution in [2.75, 3.05) is 11.9 Å². The third-order valence-corrected chi connectivity index (χ3v) is 4.23. The Labute approximate surface area is 175 Å². The summed E-state index contributed by atoms with van der Waals surface area (Å²) < 4.78 is 11.2. The van der Waals surface area contributed by atoms with Crippen molar-refractivity contribution in [2.24, 2.45) is 0 Å². The molecule has 2 aromatic carbocycles. The Morgan fingerprint density at radius 1 is 1.14 bits per heavy atom. The van der Waals surface area contributed by atoms with E-state index in [9.17, 15) is 4.79 Å². The summed E-state index contributed by atoms with van der Waals surface area (Å²) in [6, 6.07) is 10.9. The van der Waals surface area contributed by atoms with Gasteiger partial charge in [0.2, 0.25) is 0 Å². The van der Waals surface area contributed by atoms with Crippen LogP contribution in [0.2, 0.25) is 5.02 Å². The molecule has 0 bridgehead atoms. The first-order chi connectivity index (χ1) is 13.3. The molecule has 150 valence electrons. The molecule has 1 amide bonds. The Hall–Kier alpha value is -2.51. The second-order valence-electron chi connectivity index (χ2n) is 6.15. The summed E-state index contributed by atoms with van der Waals surface area (Å²) in [6.07, 6.45) is -0.723. The Bertz CT molecular complexity index is 820. The van der Waals surface area contributed by atoms with Gasteiger partial charge in [0.1, 0.15) is 11.5 Å². The number of ether oxygens (including phenoxy) is 2. The van der Waals surface area contributed by atoms with Crippen LogP contribution in [0.5, 0.6) is 11.5 Å². The van der Waals surface area contributed by atoms with Crippen LogP contribution in [0.4, 0.5) is 5.69 Å². The number of rotatable bonds is 6. The first-order valence-electron chi connectivity index (χ1n) is 8.83. The number of thiocarbonyl (C=S) groups is 1. The SMILES string of the molecule is CCOc1ccc(NC(=S)NNC(=O)[C@H](C)Oc2c(C)cc(Cl)cc2C)cc1. The van der Waals surface area contributed by atoms with Crippen LogP contribution >= 0.6 is 23.8 Å². The van der Waals surface area contributed by atoms with Gasteiger partial charge in [-0.1, -0.05) is 11.6 Å². The number of amides is 1. The van der Waals surface area contributed by atoms with Gasteiger partial charge in [-0.2, -0.15) is 0 Å². The molecule has 3 N–H and O–H groups in total. The average molecular weight is 422 g/mol. The monoisotopic (exact) mass is 421 g/mol. The van der Waals surface area contributed by atoms with E-state index in [4.69, 9.17) is 33.3 Å². The summed E-state index contributed by atoms with van der Waals surface area (Å²) in [5.41, 5.74) is 7.70. The molecule has 8 heteroatoms. The number of nitrogens with one attached hydrogen (secondary N) is 3. The molecule has 0 spiro atoms. The second-order valence-corrected chi connectivity index (χ2v) is 7.00. The summed E-state index contributed by atoms with van der Waals surface area (Å²) in [5, 5.41) is 3.86. The van der Waals surface area contributed by atoms with Gasteiger partial charge in [-0.15, -0.1) is 0 Å². The minimum atomic E-state index is -0.723. The lowest BCUT2D eigenvalue weighted by molar-refractivity contribution is -0.127. The normalized spacial score (nSPS) is 11.3. The van der Waals surface area contributed by atoms with E-state index in [1.54, 1.807) is 19.1 Å². The van der Waals surface area contributed by atoms with Crippen molar-refractivity contribution in [2.45, 2.75) is 33.8 Å². The summed E-state index contributed by atoms with van der Waals surface area (Å²) >= 11 is 11.2. The molecule has 0 unspecified atom stereocenters. The Morgan fingerprint density at radius 2 is 1.75 bits per heavy atom. The zero-order valence-electron chi connectivity index (χ0n) is 16.3. The first kappa shape index (κ1) is 21.8. The largest absolute Gasteiger partial charge is 0.494 e. The second kappa shape index (κ2) is 10.1. The molecule has 0 radical (unpaired) electrons. The van der Waals surface area contributed by atoms with Crippen LogP contribution in [-0.4, -0.2) is 23.7 Å². The predicted octanol–water partition coefficient (Wildman–Crippen LogP) is 4.14. The molecule has 0 aliphatic carbocycles. The van der Waals surface area contributed by atoms with Crippen molar-refractivity contribution in [3.05, 3.63) is 52.5 Å². The van der Waals surface area contributed by atoms with Gasteiger partial charge in [-0.05, 0) is 87.4 Å². The summed E-state index contributed by atoms with van der Waals surface area (Å²) in [4.78, 5) is 12.3. The van der Waals surface area contributed by atoms with E-state index in [2.05, 4.69) is 16.2 Å². The highest BCUT2D eigenvalue weighted by Crippen LogP contribution is 2.27. The smallest absolute Gasteiger partial charge is 0.279 e. The quantitative estimate of drug-likeness (QED) is 0.481. The number of carbonyl (C=O) groups excluding carboxylic acids is 1. The lowest BCUT2D eigenvalue weighted by atomic mass is 10.1. The molecule has 6 nitrogen and oxygen atoms in total. The van der Waals surface area contributed by atoms with E-state index < -0.39 is 6.10 Å². The van der Waals surface area contributed by atoms with Gasteiger partial charge in [-0.3, -0.25) is 15.6 Å².